The monoisotopic (exact) mass is 564 g/mol. The molecule has 1 aliphatic heterocycles. The van der Waals surface area contributed by atoms with Gasteiger partial charge in [-0.15, -0.1) is 0 Å². The van der Waals surface area contributed by atoms with Crippen LogP contribution in [0.4, 0.5) is 22.9 Å². The molecule has 0 fully saturated rings. The summed E-state index contributed by atoms with van der Waals surface area (Å²) in [5.41, 5.74) is 7.65. The van der Waals surface area contributed by atoms with E-state index >= 15 is 0 Å². The molecule has 2 heterocycles. The fourth-order valence-corrected chi connectivity index (χ4v) is 6.84. The van der Waals surface area contributed by atoms with E-state index < -0.39 is 0 Å². The Morgan fingerprint density at radius 3 is 2.14 bits per heavy atom. The van der Waals surface area contributed by atoms with Gasteiger partial charge < -0.3 is 14.6 Å². The van der Waals surface area contributed by atoms with Crippen molar-refractivity contribution in [3.05, 3.63) is 151 Å². The first-order chi connectivity index (χ1) is 21.8. The van der Waals surface area contributed by atoms with Gasteiger partial charge >= 0.3 is 0 Å². The van der Waals surface area contributed by atoms with Crippen LogP contribution in [0.15, 0.2) is 150 Å². The predicted octanol–water partition coefficient (Wildman–Crippen LogP) is 11.5. The highest BCUT2D eigenvalue weighted by molar-refractivity contribution is 6.24. The van der Waals surface area contributed by atoms with Crippen LogP contribution < -0.4 is 10.2 Å². The second-order valence-electron chi connectivity index (χ2n) is 11.4. The predicted molar refractivity (Wildman–Crippen MR) is 186 cm³/mol. The second-order valence-corrected chi connectivity index (χ2v) is 11.4. The van der Waals surface area contributed by atoms with Gasteiger partial charge in [0.15, 0.2) is 0 Å². The molecule has 0 saturated heterocycles. The van der Waals surface area contributed by atoms with E-state index in [2.05, 4.69) is 162 Å². The summed E-state index contributed by atoms with van der Waals surface area (Å²) in [5, 5.41) is 12.0. The van der Waals surface area contributed by atoms with E-state index in [-0.39, 0.29) is 0 Å². The lowest BCUT2D eigenvalue weighted by Gasteiger charge is -2.28. The SMILES string of the molecule is C1=Cc2c(oc3cccc(N(c4ccc(-c5ccccc5)cc4)c4cc5ccc6ccccc6c5c5ccccc45)c23)NC1. The molecule has 9 rings (SSSR count). The van der Waals surface area contributed by atoms with E-state index in [0.717, 1.165) is 46.0 Å². The highest BCUT2D eigenvalue weighted by atomic mass is 16.3. The Kier molecular flexibility index (Phi) is 5.57. The summed E-state index contributed by atoms with van der Waals surface area (Å²) in [7, 11) is 0. The highest BCUT2D eigenvalue weighted by Crippen LogP contribution is 2.48. The van der Waals surface area contributed by atoms with Gasteiger partial charge in [0.25, 0.3) is 0 Å². The Morgan fingerprint density at radius 1 is 0.545 bits per heavy atom. The van der Waals surface area contributed by atoms with Crippen molar-refractivity contribution < 1.29 is 4.42 Å². The lowest BCUT2D eigenvalue weighted by atomic mass is 9.94. The van der Waals surface area contributed by atoms with Crippen LogP contribution in [0, 0.1) is 0 Å². The third kappa shape index (κ3) is 3.83. The number of benzene rings is 7. The molecule has 208 valence electrons. The average molecular weight is 565 g/mol. The molecular weight excluding hydrogens is 536 g/mol. The van der Waals surface area contributed by atoms with Gasteiger partial charge in [-0.1, -0.05) is 121 Å². The Bertz CT molecular complexity index is 2380. The molecule has 1 aromatic heterocycles. The summed E-state index contributed by atoms with van der Waals surface area (Å²) in [6.07, 6.45) is 4.34. The van der Waals surface area contributed by atoms with E-state index in [1.165, 1.54) is 43.4 Å². The van der Waals surface area contributed by atoms with E-state index in [1.807, 2.05) is 0 Å². The Hall–Kier alpha value is -5.80. The van der Waals surface area contributed by atoms with Gasteiger partial charge in [0.1, 0.15) is 5.58 Å². The molecule has 0 bridgehead atoms. The smallest absolute Gasteiger partial charge is 0.201 e. The third-order valence-corrected chi connectivity index (χ3v) is 8.84. The third-order valence-electron chi connectivity index (χ3n) is 8.84. The lowest BCUT2D eigenvalue weighted by Crippen LogP contribution is -2.11. The molecule has 3 nitrogen and oxygen atoms in total. The summed E-state index contributed by atoms with van der Waals surface area (Å²) < 4.78 is 6.35. The largest absolute Gasteiger partial charge is 0.440 e. The highest BCUT2D eigenvalue weighted by Gasteiger charge is 2.24. The van der Waals surface area contributed by atoms with Crippen molar-refractivity contribution in [2.24, 2.45) is 0 Å². The molecule has 1 aliphatic rings. The summed E-state index contributed by atoms with van der Waals surface area (Å²) in [4.78, 5) is 2.41. The molecule has 44 heavy (non-hydrogen) atoms. The normalized spacial score (nSPS) is 12.5. The van der Waals surface area contributed by atoms with Crippen LogP contribution in [0.25, 0.3) is 60.5 Å². The van der Waals surface area contributed by atoms with Crippen LogP contribution in [0.1, 0.15) is 5.56 Å². The van der Waals surface area contributed by atoms with Crippen molar-refractivity contribution in [3.63, 3.8) is 0 Å². The first-order valence-corrected chi connectivity index (χ1v) is 15.1. The molecule has 0 saturated carbocycles. The number of fused-ring (bicyclic) bond motifs is 8. The van der Waals surface area contributed by atoms with Crippen molar-refractivity contribution >= 4 is 72.3 Å². The van der Waals surface area contributed by atoms with Gasteiger partial charge in [-0.3, -0.25) is 0 Å². The number of nitrogens with one attached hydrogen (secondary N) is 1. The molecule has 0 amide bonds. The number of rotatable bonds is 4. The van der Waals surface area contributed by atoms with E-state index in [9.17, 15) is 0 Å². The Balaban J connectivity index is 1.36. The number of hydrogen-bond acceptors (Lipinski definition) is 3. The molecule has 0 aliphatic carbocycles. The van der Waals surface area contributed by atoms with Gasteiger partial charge in [0, 0.05) is 23.2 Å². The molecule has 8 aromatic rings. The molecule has 3 heteroatoms. The van der Waals surface area contributed by atoms with E-state index in [1.54, 1.807) is 0 Å². The standard InChI is InChI=1S/C41H28N2O/c1-2-10-27(11-3-1)28-21-23-31(24-22-28)43(36-17-8-18-38-40(36)35-16-9-25-42-41(35)44-38)37-26-30-20-19-29-12-4-5-13-32(29)39(30)34-15-7-6-14-33(34)37/h1-24,26,42H,25H2. The second kappa shape index (κ2) is 9.89. The summed E-state index contributed by atoms with van der Waals surface area (Å²) in [6.45, 7) is 0.760. The number of nitrogens with zero attached hydrogens (tertiary/aromatic N) is 1. The fourth-order valence-electron chi connectivity index (χ4n) is 6.84. The molecule has 0 atom stereocenters. The molecular formula is C41H28N2O. The van der Waals surface area contributed by atoms with Crippen LogP contribution in [0.3, 0.4) is 0 Å². The van der Waals surface area contributed by atoms with Gasteiger partial charge in [0.2, 0.25) is 5.88 Å². The molecule has 1 N–H and O–H groups in total. The lowest BCUT2D eigenvalue weighted by molar-refractivity contribution is 0.628. The Morgan fingerprint density at radius 2 is 1.27 bits per heavy atom. The zero-order chi connectivity index (χ0) is 29.0. The van der Waals surface area contributed by atoms with Gasteiger partial charge in [0.05, 0.1) is 16.8 Å². The molecule has 0 radical (unpaired) electrons. The van der Waals surface area contributed by atoms with Crippen molar-refractivity contribution in [3.8, 4) is 11.1 Å². The maximum Gasteiger partial charge on any atom is 0.201 e. The van der Waals surface area contributed by atoms with Crippen molar-refractivity contribution in [1.82, 2.24) is 0 Å². The van der Waals surface area contributed by atoms with Crippen LogP contribution in [0.5, 0.6) is 0 Å². The zero-order valence-electron chi connectivity index (χ0n) is 24.0. The summed E-state index contributed by atoms with van der Waals surface area (Å²) in [5.74, 6) is 0.823. The zero-order valence-corrected chi connectivity index (χ0v) is 24.0. The number of anilines is 4. The molecule has 0 unspecified atom stereocenters. The first kappa shape index (κ1) is 24.8. The minimum absolute atomic E-state index is 0.760. The molecule has 0 spiro atoms. The maximum atomic E-state index is 6.35. The minimum Gasteiger partial charge on any atom is -0.440 e. The van der Waals surface area contributed by atoms with Crippen LogP contribution >= 0.6 is 0 Å². The Labute approximate surface area is 255 Å². The summed E-state index contributed by atoms with van der Waals surface area (Å²) >= 11 is 0. The van der Waals surface area contributed by atoms with Crippen molar-refractivity contribution in [2.75, 3.05) is 16.8 Å². The van der Waals surface area contributed by atoms with Crippen LogP contribution in [0.2, 0.25) is 0 Å². The number of furan rings is 1. The topological polar surface area (TPSA) is 28.4 Å². The van der Waals surface area contributed by atoms with E-state index in [0.29, 0.717) is 0 Å². The van der Waals surface area contributed by atoms with Crippen molar-refractivity contribution in [2.45, 2.75) is 0 Å². The number of hydrogen-bond donors (Lipinski definition) is 1. The van der Waals surface area contributed by atoms with Gasteiger partial charge in [-0.25, -0.2) is 0 Å². The van der Waals surface area contributed by atoms with Crippen LogP contribution in [-0.2, 0) is 0 Å². The summed E-state index contributed by atoms with van der Waals surface area (Å²) in [6, 6.07) is 50.2. The first-order valence-electron chi connectivity index (χ1n) is 15.1. The van der Waals surface area contributed by atoms with Gasteiger partial charge in [-0.2, -0.15) is 0 Å². The van der Waals surface area contributed by atoms with Gasteiger partial charge in [-0.05, 0) is 68.4 Å². The maximum absolute atomic E-state index is 6.35. The minimum atomic E-state index is 0.760. The fraction of sp³-hybridized carbons (Fsp3) is 0.0244. The van der Waals surface area contributed by atoms with Crippen LogP contribution in [-0.4, -0.2) is 6.54 Å². The molecule has 7 aromatic carbocycles. The quantitative estimate of drug-likeness (QED) is 0.216. The van der Waals surface area contributed by atoms with E-state index in [4.69, 9.17) is 4.42 Å². The van der Waals surface area contributed by atoms with Crippen molar-refractivity contribution in [1.29, 1.82) is 0 Å². The average Bonchev–Trinajstić information content (AvgIpc) is 3.48.